The second kappa shape index (κ2) is 8.15. The van der Waals surface area contributed by atoms with Crippen LogP contribution in [-0.2, 0) is 29.1 Å². The minimum absolute atomic E-state index is 0.211. The number of carbonyl (C=O) groups excluding carboxylic acids is 2. The number of carbonyl (C=O) groups is 2. The molecule has 142 valence electrons. The van der Waals surface area contributed by atoms with Crippen molar-refractivity contribution in [2.75, 3.05) is 39.4 Å². The van der Waals surface area contributed by atoms with Crippen molar-refractivity contribution in [2.24, 2.45) is 0 Å². The van der Waals surface area contributed by atoms with Crippen LogP contribution in [0.25, 0.3) is 0 Å². The van der Waals surface area contributed by atoms with E-state index in [1.54, 1.807) is 30.3 Å². The monoisotopic (exact) mass is 382 g/mol. The van der Waals surface area contributed by atoms with Gasteiger partial charge in [-0.25, -0.2) is 13.2 Å². The van der Waals surface area contributed by atoms with Gasteiger partial charge in [-0.3, -0.25) is 4.79 Å². The highest BCUT2D eigenvalue weighted by molar-refractivity contribution is 7.89. The Bertz CT molecular complexity index is 738. The zero-order valence-corrected chi connectivity index (χ0v) is 15.2. The first-order valence-corrected chi connectivity index (χ1v) is 10.0. The third-order valence-electron chi connectivity index (χ3n) is 4.50. The van der Waals surface area contributed by atoms with Gasteiger partial charge in [0, 0.05) is 32.8 Å². The molecule has 0 aromatic heterocycles. The van der Waals surface area contributed by atoms with E-state index in [9.17, 15) is 18.0 Å². The first-order valence-electron chi connectivity index (χ1n) is 8.60. The summed E-state index contributed by atoms with van der Waals surface area (Å²) in [5.41, 5.74) is 0. The Labute approximate surface area is 152 Å². The van der Waals surface area contributed by atoms with Gasteiger partial charge in [0.15, 0.2) is 12.7 Å². The molecule has 0 saturated carbocycles. The standard InChI is InChI=1S/C17H22N2O6S/c20-16(13-25-17(21)15-7-4-12-24-15)18-8-10-19(11-9-18)26(22,23)14-5-2-1-3-6-14/h1-3,5-6,15H,4,7-13H2/t15-/m0/s1. The topological polar surface area (TPSA) is 93.2 Å². The van der Waals surface area contributed by atoms with E-state index in [0.29, 0.717) is 13.0 Å². The second-order valence-corrected chi connectivity index (χ2v) is 8.15. The predicted octanol–water partition coefficient (Wildman–Crippen LogP) is 0.242. The molecule has 9 heteroatoms. The van der Waals surface area contributed by atoms with E-state index < -0.39 is 22.1 Å². The summed E-state index contributed by atoms with van der Waals surface area (Å²) < 4.78 is 36.7. The molecule has 3 rings (SSSR count). The quantitative estimate of drug-likeness (QED) is 0.678. The second-order valence-electron chi connectivity index (χ2n) is 6.21. The molecular formula is C17H22N2O6S. The van der Waals surface area contributed by atoms with E-state index >= 15 is 0 Å². The van der Waals surface area contributed by atoms with Crippen LogP contribution < -0.4 is 0 Å². The number of rotatable bonds is 5. The van der Waals surface area contributed by atoms with Crippen molar-refractivity contribution in [3.05, 3.63) is 30.3 Å². The van der Waals surface area contributed by atoms with Crippen molar-refractivity contribution >= 4 is 21.9 Å². The fourth-order valence-electron chi connectivity index (χ4n) is 3.00. The van der Waals surface area contributed by atoms with Crippen LogP contribution in [0.4, 0.5) is 0 Å². The van der Waals surface area contributed by atoms with Gasteiger partial charge in [-0.1, -0.05) is 18.2 Å². The summed E-state index contributed by atoms with van der Waals surface area (Å²) in [6.07, 6.45) is 0.852. The Morgan fingerprint density at radius 3 is 2.42 bits per heavy atom. The first-order chi connectivity index (χ1) is 12.5. The van der Waals surface area contributed by atoms with E-state index in [2.05, 4.69) is 0 Å². The van der Waals surface area contributed by atoms with Gasteiger partial charge in [-0.05, 0) is 25.0 Å². The molecule has 1 aromatic carbocycles. The third kappa shape index (κ3) is 4.22. The van der Waals surface area contributed by atoms with Crippen molar-refractivity contribution in [1.82, 2.24) is 9.21 Å². The molecule has 26 heavy (non-hydrogen) atoms. The van der Waals surface area contributed by atoms with Gasteiger partial charge in [0.05, 0.1) is 4.90 Å². The van der Waals surface area contributed by atoms with Crippen LogP contribution in [0.15, 0.2) is 35.2 Å². The van der Waals surface area contributed by atoms with Gasteiger partial charge in [0.1, 0.15) is 0 Å². The van der Waals surface area contributed by atoms with E-state index in [1.807, 2.05) is 0 Å². The molecule has 0 N–H and O–H groups in total. The Kier molecular flexibility index (Phi) is 5.90. The fourth-order valence-corrected chi connectivity index (χ4v) is 4.44. The zero-order valence-electron chi connectivity index (χ0n) is 14.4. The molecule has 2 aliphatic heterocycles. The molecule has 0 bridgehead atoms. The van der Waals surface area contributed by atoms with Crippen molar-refractivity contribution in [3.8, 4) is 0 Å². The van der Waals surface area contributed by atoms with Crippen LogP contribution in [0.5, 0.6) is 0 Å². The first kappa shape index (κ1) is 18.8. The molecule has 2 saturated heterocycles. The van der Waals surface area contributed by atoms with Gasteiger partial charge in [0.2, 0.25) is 10.0 Å². The lowest BCUT2D eigenvalue weighted by molar-refractivity contribution is -0.160. The lowest BCUT2D eigenvalue weighted by atomic mass is 10.2. The number of sulfonamides is 1. The summed E-state index contributed by atoms with van der Waals surface area (Å²) in [6.45, 7) is 1.14. The Morgan fingerprint density at radius 1 is 1.12 bits per heavy atom. The number of hydrogen-bond acceptors (Lipinski definition) is 6. The number of hydrogen-bond donors (Lipinski definition) is 0. The molecule has 8 nitrogen and oxygen atoms in total. The lowest BCUT2D eigenvalue weighted by Crippen LogP contribution is -2.51. The molecule has 1 atom stereocenters. The lowest BCUT2D eigenvalue weighted by Gasteiger charge is -2.33. The third-order valence-corrected chi connectivity index (χ3v) is 6.42. The number of esters is 1. The maximum Gasteiger partial charge on any atom is 0.335 e. The van der Waals surface area contributed by atoms with E-state index in [4.69, 9.17) is 9.47 Å². The number of ether oxygens (including phenoxy) is 2. The Morgan fingerprint density at radius 2 is 1.81 bits per heavy atom. The summed E-state index contributed by atoms with van der Waals surface area (Å²) in [4.78, 5) is 25.7. The molecule has 1 aromatic rings. The van der Waals surface area contributed by atoms with Crippen LogP contribution in [-0.4, -0.2) is 75.0 Å². The van der Waals surface area contributed by atoms with Crippen LogP contribution >= 0.6 is 0 Å². The SMILES string of the molecule is O=C(OCC(=O)N1CCN(S(=O)(=O)c2ccccc2)CC1)[C@@H]1CCCO1. The number of nitrogens with zero attached hydrogens (tertiary/aromatic N) is 2. The van der Waals surface area contributed by atoms with Gasteiger partial charge < -0.3 is 14.4 Å². The molecule has 0 spiro atoms. The maximum absolute atomic E-state index is 12.6. The minimum atomic E-state index is -3.55. The molecule has 0 aliphatic carbocycles. The van der Waals surface area contributed by atoms with Gasteiger partial charge in [-0.15, -0.1) is 0 Å². The van der Waals surface area contributed by atoms with Crippen molar-refractivity contribution < 1.29 is 27.5 Å². The molecule has 0 radical (unpaired) electrons. The highest BCUT2D eigenvalue weighted by Crippen LogP contribution is 2.17. The molecule has 0 unspecified atom stereocenters. The molecule has 2 fully saturated rings. The number of piperazine rings is 1. The normalized spacial score (nSPS) is 21.5. The van der Waals surface area contributed by atoms with Crippen molar-refractivity contribution in [3.63, 3.8) is 0 Å². The van der Waals surface area contributed by atoms with Gasteiger partial charge in [0.25, 0.3) is 5.91 Å². The summed E-state index contributed by atoms with van der Waals surface area (Å²) >= 11 is 0. The summed E-state index contributed by atoms with van der Waals surface area (Å²) in [6, 6.07) is 8.21. The summed E-state index contributed by atoms with van der Waals surface area (Å²) in [5.74, 6) is -0.839. The molecular weight excluding hydrogens is 360 g/mol. The minimum Gasteiger partial charge on any atom is -0.454 e. The maximum atomic E-state index is 12.6. The Hall–Kier alpha value is -1.97. The highest BCUT2D eigenvalue weighted by Gasteiger charge is 2.31. The summed E-state index contributed by atoms with van der Waals surface area (Å²) in [5, 5.41) is 0. The molecule has 2 aliphatic rings. The van der Waals surface area contributed by atoms with Crippen LogP contribution in [0.2, 0.25) is 0 Å². The van der Waals surface area contributed by atoms with Crippen molar-refractivity contribution in [1.29, 1.82) is 0 Å². The highest BCUT2D eigenvalue weighted by atomic mass is 32.2. The van der Waals surface area contributed by atoms with Crippen LogP contribution in [0, 0.1) is 0 Å². The van der Waals surface area contributed by atoms with Gasteiger partial charge >= 0.3 is 5.97 Å². The Balaban J connectivity index is 1.48. The van der Waals surface area contributed by atoms with Crippen LogP contribution in [0.3, 0.4) is 0 Å². The average molecular weight is 382 g/mol. The predicted molar refractivity (Wildman–Crippen MR) is 91.7 cm³/mol. The van der Waals surface area contributed by atoms with E-state index in [-0.39, 0.29) is 43.6 Å². The molecule has 1 amide bonds. The largest absolute Gasteiger partial charge is 0.454 e. The van der Waals surface area contributed by atoms with Gasteiger partial charge in [-0.2, -0.15) is 4.31 Å². The fraction of sp³-hybridized carbons (Fsp3) is 0.529. The number of benzene rings is 1. The van der Waals surface area contributed by atoms with E-state index in [1.165, 1.54) is 9.21 Å². The van der Waals surface area contributed by atoms with E-state index in [0.717, 1.165) is 6.42 Å². The average Bonchev–Trinajstić information content (AvgIpc) is 3.21. The zero-order chi connectivity index (χ0) is 18.6. The summed E-state index contributed by atoms with van der Waals surface area (Å²) in [7, 11) is -3.55. The molecule has 2 heterocycles. The van der Waals surface area contributed by atoms with Crippen LogP contribution in [0.1, 0.15) is 12.8 Å². The number of amides is 1. The smallest absolute Gasteiger partial charge is 0.335 e. The van der Waals surface area contributed by atoms with Crippen molar-refractivity contribution in [2.45, 2.75) is 23.8 Å².